The highest BCUT2D eigenvalue weighted by Crippen LogP contribution is 2.36. The molecule has 2 unspecified atom stereocenters. The number of halogens is 2. The minimum absolute atomic E-state index is 0.0116. The van der Waals surface area contributed by atoms with Crippen LogP contribution in [0.3, 0.4) is 0 Å². The molecule has 0 bridgehead atoms. The molecule has 3 heterocycles. The molecule has 0 radical (unpaired) electrons. The van der Waals surface area contributed by atoms with Gasteiger partial charge in [-0.1, -0.05) is 26.8 Å². The fraction of sp³-hybridized carbons (Fsp3) is 0.500. The number of hydrogen-bond acceptors (Lipinski definition) is 6. The van der Waals surface area contributed by atoms with Crippen molar-refractivity contribution in [2.75, 3.05) is 6.61 Å². The zero-order valence-electron chi connectivity index (χ0n) is 22.9. The lowest BCUT2D eigenvalue weighted by Crippen LogP contribution is -2.49. The first kappa shape index (κ1) is 28.4. The summed E-state index contributed by atoms with van der Waals surface area (Å²) in [6.07, 6.45) is 1.03. The summed E-state index contributed by atoms with van der Waals surface area (Å²) >= 11 is 0. The van der Waals surface area contributed by atoms with E-state index >= 15 is 0 Å². The smallest absolute Gasteiger partial charge is 0.317 e. The van der Waals surface area contributed by atoms with E-state index in [1.807, 2.05) is 20.8 Å². The Morgan fingerprint density at radius 2 is 1.85 bits per heavy atom. The number of aromatic nitrogens is 1. The average molecular weight is 546 g/mol. The van der Waals surface area contributed by atoms with E-state index in [1.165, 1.54) is 21.7 Å². The van der Waals surface area contributed by atoms with Crippen LogP contribution < -0.4 is 15.5 Å². The molecule has 1 saturated heterocycles. The van der Waals surface area contributed by atoms with Gasteiger partial charge in [-0.3, -0.25) is 19.2 Å². The van der Waals surface area contributed by atoms with Crippen LogP contribution >= 0.6 is 0 Å². The largest absolute Gasteiger partial charge is 0.419 e. The molecule has 2 aromatic rings. The van der Waals surface area contributed by atoms with Crippen molar-refractivity contribution >= 4 is 17.8 Å². The number of carbonyl (C=O) groups excluding carboxylic acids is 3. The van der Waals surface area contributed by atoms with Gasteiger partial charge in [0.15, 0.2) is 11.9 Å². The Bertz CT molecular complexity index is 1390. The molecule has 1 N–H and O–H groups in total. The maximum Gasteiger partial charge on any atom is 0.317 e. The lowest BCUT2D eigenvalue weighted by molar-refractivity contribution is -0.145. The molecule has 9 nitrogen and oxygen atoms in total. The number of nitrogens with one attached hydrogen (secondary N) is 1. The van der Waals surface area contributed by atoms with Crippen molar-refractivity contribution < 1.29 is 32.6 Å². The molecule has 1 aromatic heterocycles. The third-order valence-corrected chi connectivity index (χ3v) is 6.76. The normalized spacial score (nSPS) is 19.0. The standard InChI is InChI=1S/C28H33F2N3O6/c1-15-13-38-20-12-32-11-18(24(35)31-10-16-7-8-17(29)9-19(16)30)22(34)23(21(32)25(36)33(15)20)39-26(37)28(5,6)14-27(2,3)4/h7-9,11,15,20H,10,12-14H2,1-6H3,(H,31,35). The van der Waals surface area contributed by atoms with Gasteiger partial charge in [0.1, 0.15) is 17.2 Å². The summed E-state index contributed by atoms with van der Waals surface area (Å²) in [4.78, 5) is 55.0. The van der Waals surface area contributed by atoms with E-state index in [2.05, 4.69) is 5.32 Å². The van der Waals surface area contributed by atoms with E-state index in [9.17, 15) is 28.0 Å². The van der Waals surface area contributed by atoms with E-state index in [-0.39, 0.29) is 35.8 Å². The highest BCUT2D eigenvalue weighted by molar-refractivity contribution is 6.00. The molecule has 2 atom stereocenters. The van der Waals surface area contributed by atoms with Crippen LogP contribution in [0.4, 0.5) is 8.78 Å². The first-order valence-corrected chi connectivity index (χ1v) is 12.7. The molecule has 4 rings (SSSR count). The maximum atomic E-state index is 14.1. The topological polar surface area (TPSA) is 107 Å². The molecule has 11 heteroatoms. The number of nitrogens with zero attached hydrogens (tertiary/aromatic N) is 2. The number of rotatable bonds is 6. The summed E-state index contributed by atoms with van der Waals surface area (Å²) in [5, 5.41) is 2.45. The second-order valence-corrected chi connectivity index (χ2v) is 12.0. The monoisotopic (exact) mass is 545 g/mol. The molecule has 2 amide bonds. The molecule has 1 fully saturated rings. The van der Waals surface area contributed by atoms with Crippen molar-refractivity contribution in [1.82, 2.24) is 14.8 Å². The Hall–Kier alpha value is -3.60. The van der Waals surface area contributed by atoms with Crippen LogP contribution in [0.1, 0.15) is 74.4 Å². The molecule has 2 aliphatic heterocycles. The minimum Gasteiger partial charge on any atom is -0.419 e. The Balaban J connectivity index is 1.74. The summed E-state index contributed by atoms with van der Waals surface area (Å²) in [6, 6.07) is 2.66. The van der Waals surface area contributed by atoms with Crippen molar-refractivity contribution in [3.05, 3.63) is 63.1 Å². The molecule has 0 aliphatic carbocycles. The van der Waals surface area contributed by atoms with Crippen LogP contribution in [-0.4, -0.2) is 46.1 Å². The molecule has 2 aliphatic rings. The summed E-state index contributed by atoms with van der Waals surface area (Å²) < 4.78 is 40.1. The molecule has 0 spiro atoms. The van der Waals surface area contributed by atoms with Gasteiger partial charge in [0, 0.05) is 24.4 Å². The van der Waals surface area contributed by atoms with Gasteiger partial charge in [-0.2, -0.15) is 0 Å². The van der Waals surface area contributed by atoms with E-state index in [1.54, 1.807) is 20.8 Å². The van der Waals surface area contributed by atoms with Gasteiger partial charge in [-0.25, -0.2) is 8.78 Å². The average Bonchev–Trinajstić information content (AvgIpc) is 3.19. The van der Waals surface area contributed by atoms with Crippen molar-refractivity contribution in [2.45, 2.75) is 73.3 Å². The quantitative estimate of drug-likeness (QED) is 0.556. The van der Waals surface area contributed by atoms with E-state index in [0.29, 0.717) is 19.1 Å². The summed E-state index contributed by atoms with van der Waals surface area (Å²) in [5.41, 5.74) is -2.72. The number of benzene rings is 1. The summed E-state index contributed by atoms with van der Waals surface area (Å²) in [6.45, 7) is 11.1. The fourth-order valence-corrected chi connectivity index (χ4v) is 5.28. The van der Waals surface area contributed by atoms with Gasteiger partial charge in [-0.05, 0) is 38.7 Å². The van der Waals surface area contributed by atoms with Gasteiger partial charge >= 0.3 is 5.97 Å². The number of pyridine rings is 1. The zero-order valence-corrected chi connectivity index (χ0v) is 22.9. The second-order valence-electron chi connectivity index (χ2n) is 12.0. The number of amides is 2. The number of carbonyl (C=O) groups is 3. The van der Waals surface area contributed by atoms with Crippen LogP contribution in [0, 0.1) is 22.5 Å². The Labute approximate surface area is 225 Å². The predicted molar refractivity (Wildman–Crippen MR) is 137 cm³/mol. The highest BCUT2D eigenvalue weighted by Gasteiger charge is 2.44. The maximum absolute atomic E-state index is 14.1. The Morgan fingerprint density at radius 3 is 2.49 bits per heavy atom. The molecular weight excluding hydrogens is 512 g/mol. The molecule has 1 aromatic carbocycles. The zero-order chi connectivity index (χ0) is 28.9. The van der Waals surface area contributed by atoms with Gasteiger partial charge in [0.2, 0.25) is 11.2 Å². The van der Waals surface area contributed by atoms with Crippen molar-refractivity contribution in [2.24, 2.45) is 10.8 Å². The first-order valence-electron chi connectivity index (χ1n) is 12.7. The lowest BCUT2D eigenvalue weighted by atomic mass is 9.76. The second kappa shape index (κ2) is 10.2. The van der Waals surface area contributed by atoms with E-state index in [0.717, 1.165) is 6.07 Å². The predicted octanol–water partition coefficient (Wildman–Crippen LogP) is 3.62. The Morgan fingerprint density at radius 1 is 1.15 bits per heavy atom. The van der Waals surface area contributed by atoms with Crippen molar-refractivity contribution in [1.29, 1.82) is 0 Å². The first-order chi connectivity index (χ1) is 18.1. The number of ether oxygens (including phenoxy) is 2. The van der Waals surface area contributed by atoms with Crippen LogP contribution in [0.5, 0.6) is 5.75 Å². The van der Waals surface area contributed by atoms with Gasteiger partial charge in [0.25, 0.3) is 11.8 Å². The minimum atomic E-state index is -1.01. The summed E-state index contributed by atoms with van der Waals surface area (Å²) in [5.74, 6) is -4.30. The fourth-order valence-electron chi connectivity index (χ4n) is 5.28. The third kappa shape index (κ3) is 5.73. The molecule has 39 heavy (non-hydrogen) atoms. The number of hydrogen-bond donors (Lipinski definition) is 1. The van der Waals surface area contributed by atoms with E-state index in [4.69, 9.17) is 9.47 Å². The van der Waals surface area contributed by atoms with Gasteiger partial charge in [-0.15, -0.1) is 0 Å². The number of fused-ring (bicyclic) bond motifs is 2. The molecule has 0 saturated carbocycles. The van der Waals surface area contributed by atoms with Crippen LogP contribution in [-0.2, 0) is 22.6 Å². The highest BCUT2D eigenvalue weighted by atomic mass is 19.1. The molecule has 210 valence electrons. The van der Waals surface area contributed by atoms with Crippen LogP contribution in [0.25, 0.3) is 0 Å². The van der Waals surface area contributed by atoms with Crippen LogP contribution in [0.2, 0.25) is 0 Å². The Kier molecular flexibility index (Phi) is 7.41. The van der Waals surface area contributed by atoms with E-state index < -0.39 is 57.8 Å². The van der Waals surface area contributed by atoms with Crippen LogP contribution in [0.15, 0.2) is 29.2 Å². The van der Waals surface area contributed by atoms with Gasteiger partial charge < -0.3 is 24.3 Å². The number of esters is 1. The van der Waals surface area contributed by atoms with Crippen molar-refractivity contribution in [3.63, 3.8) is 0 Å². The third-order valence-electron chi connectivity index (χ3n) is 6.76. The lowest BCUT2D eigenvalue weighted by Gasteiger charge is -2.35. The SMILES string of the molecule is CC1COC2Cn3cc(C(=O)NCc4ccc(F)cc4F)c(=O)c(OC(=O)C(C)(C)CC(C)(C)C)c3C(=O)N12. The summed E-state index contributed by atoms with van der Waals surface area (Å²) in [7, 11) is 0. The molecular formula is C28H33F2N3O6. The van der Waals surface area contributed by atoms with Crippen molar-refractivity contribution in [3.8, 4) is 5.75 Å². The van der Waals surface area contributed by atoms with Gasteiger partial charge in [0.05, 0.1) is 24.6 Å².